The van der Waals surface area contributed by atoms with Gasteiger partial charge < -0.3 is 0 Å². The Kier molecular flexibility index (Phi) is 18.1. The van der Waals surface area contributed by atoms with Crippen molar-refractivity contribution in [1.29, 1.82) is 0 Å². The first-order valence-electron chi connectivity index (χ1n) is 30.5. The standard InChI is InChI=1S/2C33H39.C4H10Si.2ClH.Zr/c2*1-2-4-7-23(6-3-1)14-24-18-29-8-5-9-31(32(29)19-24)28-10-12-30(13-11-28)33-20-25-15-26(21-33)17-27(16-25)22-33;1-3-4-5-2;;;/h2*5,8-13,18-19,23,25-27H,1-4,6-7,14-17,20-22H2;3-4H2,1-2H3;2*1H;/q2*-1;;;;+4/p-2. The summed E-state index contributed by atoms with van der Waals surface area (Å²) in [4.78, 5) is 0. The number of halogens is 2. The van der Waals surface area contributed by atoms with E-state index in [4.69, 9.17) is 17.0 Å². The van der Waals surface area contributed by atoms with Crippen molar-refractivity contribution >= 4 is 48.1 Å². The molecular weight excluding hydrogens is 1030 g/mol. The van der Waals surface area contributed by atoms with Crippen molar-refractivity contribution < 1.29 is 20.8 Å². The summed E-state index contributed by atoms with van der Waals surface area (Å²) in [7, 11) is 11.0. The molecule has 0 nitrogen and oxygen atoms in total. The largest absolute Gasteiger partial charge is 0.164 e. The molecule has 6 aromatic rings. The van der Waals surface area contributed by atoms with E-state index in [-0.39, 0.29) is 0 Å². The molecule has 2 radical (unpaired) electrons. The molecule has 0 saturated heterocycles. The molecular formula is C70H88Cl2SiZr. The van der Waals surface area contributed by atoms with Gasteiger partial charge in [-0.05, 0) is 170 Å². The molecule has 0 aromatic heterocycles. The third-order valence-electron chi connectivity index (χ3n) is 20.8. The second-order valence-electron chi connectivity index (χ2n) is 26.2. The molecule has 0 unspecified atom stereocenters. The topological polar surface area (TPSA) is 0 Å². The molecule has 10 aliphatic carbocycles. The average Bonchev–Trinajstić information content (AvgIpc) is 3.79. The molecule has 0 N–H and O–H groups in total. The molecule has 0 aliphatic heterocycles. The van der Waals surface area contributed by atoms with Gasteiger partial charge in [-0.25, -0.2) is 0 Å². The van der Waals surface area contributed by atoms with Gasteiger partial charge in [-0.15, -0.1) is 69.1 Å². The van der Waals surface area contributed by atoms with Crippen molar-refractivity contribution in [2.24, 2.45) is 47.3 Å². The van der Waals surface area contributed by atoms with Crippen LogP contribution in [0.5, 0.6) is 0 Å². The van der Waals surface area contributed by atoms with Crippen LogP contribution in [0.25, 0.3) is 43.8 Å². The number of benzene rings is 4. The summed E-state index contributed by atoms with van der Waals surface area (Å²) >= 11 is -0.826. The van der Waals surface area contributed by atoms with Crippen molar-refractivity contribution in [3.63, 3.8) is 0 Å². The summed E-state index contributed by atoms with van der Waals surface area (Å²) in [5.74, 6) is 7.88. The first-order chi connectivity index (χ1) is 36.3. The number of rotatable bonds is 10. The molecule has 0 heterocycles. The van der Waals surface area contributed by atoms with Gasteiger partial charge in [0.15, 0.2) is 0 Å². The van der Waals surface area contributed by atoms with Crippen LogP contribution in [-0.4, -0.2) is 9.52 Å². The fourth-order valence-corrected chi connectivity index (χ4v) is 18.8. The Labute approximate surface area is 469 Å². The van der Waals surface area contributed by atoms with Crippen molar-refractivity contribution in [2.75, 3.05) is 0 Å². The third-order valence-corrected chi connectivity index (χ3v) is 21.8. The number of fused-ring (bicyclic) bond motifs is 2. The SMILES string of the molecule is CCC[Si]C.[Cl][Zr+2][Cl].c1cc(-c2ccc(C34CC5CC(CC(C5)C3)C4)cc2)c2cc(CC3CCCCCC3)[cH-]c2c1.c1cc(-c2ccc(C34CC5CC(CC(C5)C3)C4)cc2)c2cc(CC3CCCCCC3)[cH-]c2c1. The molecule has 390 valence electrons. The summed E-state index contributed by atoms with van der Waals surface area (Å²) in [5.41, 5.74) is 13.1. The third kappa shape index (κ3) is 12.3. The molecule has 16 rings (SSSR count). The monoisotopic (exact) mass is 1120 g/mol. The van der Waals surface area contributed by atoms with Gasteiger partial charge in [-0.2, -0.15) is 12.1 Å². The van der Waals surface area contributed by atoms with E-state index in [1.807, 2.05) is 0 Å². The maximum absolute atomic E-state index is 4.93. The van der Waals surface area contributed by atoms with E-state index < -0.39 is 20.8 Å². The molecule has 0 atom stereocenters. The van der Waals surface area contributed by atoms with Crippen LogP contribution in [-0.2, 0) is 44.5 Å². The minimum atomic E-state index is -0.826. The maximum atomic E-state index is 4.93. The van der Waals surface area contributed by atoms with Crippen molar-refractivity contribution in [2.45, 2.75) is 204 Å². The first kappa shape index (κ1) is 53.8. The van der Waals surface area contributed by atoms with Crippen LogP contribution in [0.4, 0.5) is 0 Å². The molecule has 0 amide bonds. The molecule has 10 fully saturated rings. The van der Waals surface area contributed by atoms with Gasteiger partial charge in [0.05, 0.1) is 0 Å². The molecule has 8 bridgehead atoms. The first-order valence-corrected chi connectivity index (χ1v) is 38.5. The van der Waals surface area contributed by atoms with Gasteiger partial charge in [-0.1, -0.05) is 175 Å². The van der Waals surface area contributed by atoms with Crippen molar-refractivity contribution in [1.82, 2.24) is 0 Å². The maximum Gasteiger partial charge on any atom is -0.00391 e. The van der Waals surface area contributed by atoms with E-state index in [0.717, 1.165) is 56.9 Å². The van der Waals surface area contributed by atoms with Gasteiger partial charge in [-0.3, -0.25) is 0 Å². The van der Waals surface area contributed by atoms with E-state index in [1.165, 1.54) is 223 Å². The second kappa shape index (κ2) is 24.8. The van der Waals surface area contributed by atoms with E-state index in [1.54, 1.807) is 22.3 Å². The Hall–Kier alpha value is -2.22. The normalized spacial score (nSPS) is 29.1. The van der Waals surface area contributed by atoms with Crippen LogP contribution >= 0.6 is 17.0 Å². The van der Waals surface area contributed by atoms with Crippen LogP contribution in [0.15, 0.2) is 109 Å². The molecule has 10 saturated carbocycles. The van der Waals surface area contributed by atoms with Gasteiger partial charge in [0.25, 0.3) is 0 Å². The van der Waals surface area contributed by atoms with Gasteiger partial charge in [0.2, 0.25) is 0 Å². The van der Waals surface area contributed by atoms with E-state index in [0.29, 0.717) is 10.8 Å². The van der Waals surface area contributed by atoms with Crippen molar-refractivity contribution in [3.05, 3.63) is 131 Å². The van der Waals surface area contributed by atoms with Gasteiger partial charge in [0, 0.05) is 9.52 Å². The molecule has 10 aliphatic rings. The Balaban J connectivity index is 0.000000139. The van der Waals surface area contributed by atoms with E-state index in [2.05, 4.69) is 123 Å². The summed E-state index contributed by atoms with van der Waals surface area (Å²) < 4.78 is 0. The van der Waals surface area contributed by atoms with Crippen LogP contribution in [0.3, 0.4) is 0 Å². The van der Waals surface area contributed by atoms with Gasteiger partial charge >= 0.3 is 37.9 Å². The Bertz CT molecular complexity index is 2450. The summed E-state index contributed by atoms with van der Waals surface area (Å²) in [6.45, 7) is 4.46. The van der Waals surface area contributed by atoms with Crippen LogP contribution in [0.1, 0.15) is 190 Å². The number of hydrogen-bond donors (Lipinski definition) is 0. The second-order valence-corrected chi connectivity index (χ2v) is 31.1. The molecule has 0 spiro atoms. The molecule has 4 heteroatoms. The zero-order chi connectivity index (χ0) is 50.5. The number of hydrogen-bond acceptors (Lipinski definition) is 0. The minimum Gasteiger partial charge on any atom is -0.164 e. The zero-order valence-corrected chi connectivity index (χ0v) is 50.5. The average molecular weight is 1120 g/mol. The Morgan fingerprint density at radius 2 is 0.824 bits per heavy atom. The summed E-state index contributed by atoms with van der Waals surface area (Å²) in [5, 5.41) is 5.79. The van der Waals surface area contributed by atoms with Gasteiger partial charge in [0.1, 0.15) is 0 Å². The minimum absolute atomic E-state index is 0.505. The molecule has 6 aromatic carbocycles. The fourth-order valence-electron chi connectivity index (χ4n) is 18.3. The zero-order valence-electron chi connectivity index (χ0n) is 45.6. The smallest absolute Gasteiger partial charge is 0.00391 e. The van der Waals surface area contributed by atoms with Crippen LogP contribution in [0.2, 0.25) is 12.6 Å². The fraction of sp³-hybridized carbons (Fsp3) is 0.571. The van der Waals surface area contributed by atoms with E-state index >= 15 is 0 Å². The predicted molar refractivity (Wildman–Crippen MR) is 318 cm³/mol. The summed E-state index contributed by atoms with van der Waals surface area (Å²) in [6.07, 6.45) is 39.1. The summed E-state index contributed by atoms with van der Waals surface area (Å²) in [6, 6.07) is 45.1. The predicted octanol–water partition coefficient (Wildman–Crippen LogP) is 21.4. The van der Waals surface area contributed by atoms with E-state index in [9.17, 15) is 0 Å². The Morgan fingerprint density at radius 3 is 1.12 bits per heavy atom. The van der Waals surface area contributed by atoms with Crippen LogP contribution < -0.4 is 0 Å². The molecule has 74 heavy (non-hydrogen) atoms. The Morgan fingerprint density at radius 1 is 0.486 bits per heavy atom. The van der Waals surface area contributed by atoms with Crippen LogP contribution in [0, 0.1) is 47.3 Å². The van der Waals surface area contributed by atoms with Crippen molar-refractivity contribution in [3.8, 4) is 22.3 Å². The quantitative estimate of drug-likeness (QED) is 0.0729.